The quantitative estimate of drug-likeness (QED) is 0.437. The average molecular weight is 417 g/mol. The van der Waals surface area contributed by atoms with Crippen molar-refractivity contribution in [1.29, 1.82) is 0 Å². The van der Waals surface area contributed by atoms with E-state index in [2.05, 4.69) is 20.3 Å². The topological polar surface area (TPSA) is 75.6 Å². The van der Waals surface area contributed by atoms with Gasteiger partial charge in [-0.3, -0.25) is 9.36 Å². The number of aromatic nitrogens is 4. The molecular formula is C22H16FN5OS. The molecule has 0 saturated heterocycles. The Labute approximate surface area is 174 Å². The van der Waals surface area contributed by atoms with Gasteiger partial charge >= 0.3 is 0 Å². The molecule has 2 N–H and O–H groups in total. The molecular weight excluding hydrogens is 401 g/mol. The second-order valence-electron chi connectivity index (χ2n) is 6.81. The van der Waals surface area contributed by atoms with E-state index in [1.54, 1.807) is 31.4 Å². The summed E-state index contributed by atoms with van der Waals surface area (Å²) < 4.78 is 14.6. The largest absolute Gasteiger partial charge is 0.361 e. The zero-order valence-electron chi connectivity index (χ0n) is 15.9. The molecule has 2 aromatic carbocycles. The minimum absolute atomic E-state index is 0.172. The monoisotopic (exact) mass is 417 g/mol. The summed E-state index contributed by atoms with van der Waals surface area (Å²) in [5, 5.41) is 5.05. The molecule has 5 rings (SSSR count). The standard InChI is InChI=1S/C22H16FN5OS/c1-28-20-14(10-19(21(28)29)30-17-6-3-15(23)4-7-17)12-25-22(27-20)26-16-5-2-13-8-9-24-18(13)11-16/h2-12,24H,1H3,(H,25,26,27). The molecule has 148 valence electrons. The number of aromatic amines is 1. The summed E-state index contributed by atoms with van der Waals surface area (Å²) in [4.78, 5) is 26.2. The Kier molecular flexibility index (Phi) is 4.48. The van der Waals surface area contributed by atoms with Crippen LogP contribution in [0.1, 0.15) is 0 Å². The van der Waals surface area contributed by atoms with Gasteiger partial charge < -0.3 is 10.3 Å². The number of nitrogens with one attached hydrogen (secondary N) is 2. The number of anilines is 2. The minimum Gasteiger partial charge on any atom is -0.361 e. The number of pyridine rings is 1. The Morgan fingerprint density at radius 1 is 1.07 bits per heavy atom. The Hall–Kier alpha value is -3.65. The minimum atomic E-state index is -0.311. The first-order valence-corrected chi connectivity index (χ1v) is 10.0. The molecule has 30 heavy (non-hydrogen) atoms. The lowest BCUT2D eigenvalue weighted by molar-refractivity contribution is 0.626. The van der Waals surface area contributed by atoms with Gasteiger partial charge in [-0.2, -0.15) is 4.98 Å². The van der Waals surface area contributed by atoms with Crippen LogP contribution in [0.5, 0.6) is 0 Å². The number of benzene rings is 2. The molecule has 0 radical (unpaired) electrons. The summed E-state index contributed by atoms with van der Waals surface area (Å²) >= 11 is 1.29. The predicted molar refractivity (Wildman–Crippen MR) is 117 cm³/mol. The van der Waals surface area contributed by atoms with Crippen LogP contribution in [-0.4, -0.2) is 19.5 Å². The summed E-state index contributed by atoms with van der Waals surface area (Å²) in [6, 6.07) is 15.7. The van der Waals surface area contributed by atoms with Crippen molar-refractivity contribution < 1.29 is 4.39 Å². The lowest BCUT2D eigenvalue weighted by Gasteiger charge is -2.10. The van der Waals surface area contributed by atoms with Gasteiger partial charge in [0.05, 0.1) is 4.90 Å². The van der Waals surface area contributed by atoms with E-state index >= 15 is 0 Å². The molecule has 5 aromatic rings. The number of hydrogen-bond donors (Lipinski definition) is 2. The summed E-state index contributed by atoms with van der Waals surface area (Å²) in [7, 11) is 1.68. The van der Waals surface area contributed by atoms with Crippen LogP contribution in [-0.2, 0) is 7.05 Å². The Bertz CT molecular complexity index is 1440. The van der Waals surface area contributed by atoms with Gasteiger partial charge in [0.1, 0.15) is 11.5 Å². The number of halogens is 1. The summed E-state index contributed by atoms with van der Waals surface area (Å²) in [5.41, 5.74) is 2.21. The van der Waals surface area contributed by atoms with Crippen LogP contribution in [0.3, 0.4) is 0 Å². The first-order chi connectivity index (χ1) is 14.6. The fourth-order valence-electron chi connectivity index (χ4n) is 3.23. The van der Waals surface area contributed by atoms with E-state index in [0.717, 1.165) is 26.9 Å². The van der Waals surface area contributed by atoms with Crippen molar-refractivity contribution in [2.24, 2.45) is 7.05 Å². The van der Waals surface area contributed by atoms with Crippen LogP contribution >= 0.6 is 11.8 Å². The van der Waals surface area contributed by atoms with Crippen LogP contribution in [0.4, 0.5) is 16.0 Å². The fourth-order valence-corrected chi connectivity index (χ4v) is 4.17. The third kappa shape index (κ3) is 3.42. The molecule has 0 aliphatic heterocycles. The van der Waals surface area contributed by atoms with Crippen molar-refractivity contribution in [3.8, 4) is 0 Å². The SMILES string of the molecule is Cn1c(=O)c(Sc2ccc(F)cc2)cc2cnc(Nc3ccc4cc[nH]c4c3)nc21. The van der Waals surface area contributed by atoms with Crippen molar-refractivity contribution in [2.45, 2.75) is 9.79 Å². The van der Waals surface area contributed by atoms with Gasteiger partial charge in [-0.25, -0.2) is 9.37 Å². The van der Waals surface area contributed by atoms with E-state index in [-0.39, 0.29) is 11.4 Å². The third-order valence-electron chi connectivity index (χ3n) is 4.77. The summed E-state index contributed by atoms with van der Waals surface area (Å²) in [6.07, 6.45) is 3.57. The van der Waals surface area contributed by atoms with Gasteiger partial charge in [0, 0.05) is 40.9 Å². The highest BCUT2D eigenvalue weighted by Crippen LogP contribution is 2.27. The molecule has 3 aromatic heterocycles. The number of rotatable bonds is 4. The molecule has 0 unspecified atom stereocenters. The van der Waals surface area contributed by atoms with E-state index in [0.29, 0.717) is 16.5 Å². The predicted octanol–water partition coefficient (Wildman–Crippen LogP) is 4.84. The molecule has 0 amide bonds. The maximum Gasteiger partial charge on any atom is 0.265 e. The van der Waals surface area contributed by atoms with Crippen molar-refractivity contribution in [1.82, 2.24) is 19.5 Å². The van der Waals surface area contributed by atoms with Crippen molar-refractivity contribution >= 4 is 45.3 Å². The highest BCUT2D eigenvalue weighted by atomic mass is 32.2. The van der Waals surface area contributed by atoms with Gasteiger partial charge in [-0.05, 0) is 53.9 Å². The van der Waals surface area contributed by atoms with E-state index in [9.17, 15) is 9.18 Å². The maximum atomic E-state index is 13.1. The summed E-state index contributed by atoms with van der Waals surface area (Å²) in [5.74, 6) is 0.0944. The maximum absolute atomic E-state index is 13.1. The number of fused-ring (bicyclic) bond motifs is 2. The smallest absolute Gasteiger partial charge is 0.265 e. The van der Waals surface area contributed by atoms with Crippen LogP contribution in [0.15, 0.2) is 81.6 Å². The molecule has 0 spiro atoms. The van der Waals surface area contributed by atoms with E-state index in [4.69, 9.17) is 0 Å². The second-order valence-corrected chi connectivity index (χ2v) is 7.92. The molecule has 8 heteroatoms. The number of aryl methyl sites for hydroxylation is 1. The molecule has 0 aliphatic rings. The van der Waals surface area contributed by atoms with Gasteiger partial charge in [-0.1, -0.05) is 17.8 Å². The normalized spacial score (nSPS) is 11.3. The van der Waals surface area contributed by atoms with Crippen LogP contribution in [0, 0.1) is 5.82 Å². The van der Waals surface area contributed by atoms with Gasteiger partial charge in [0.2, 0.25) is 5.95 Å². The lowest BCUT2D eigenvalue weighted by Crippen LogP contribution is -2.19. The van der Waals surface area contributed by atoms with Crippen molar-refractivity contribution in [3.63, 3.8) is 0 Å². The van der Waals surface area contributed by atoms with Crippen LogP contribution in [0.25, 0.3) is 21.9 Å². The zero-order chi connectivity index (χ0) is 20.7. The van der Waals surface area contributed by atoms with E-state index in [1.165, 1.54) is 28.5 Å². The first kappa shape index (κ1) is 18.4. The fraction of sp³-hybridized carbons (Fsp3) is 0.0455. The van der Waals surface area contributed by atoms with Gasteiger partial charge in [0.15, 0.2) is 0 Å². The van der Waals surface area contributed by atoms with Crippen LogP contribution < -0.4 is 10.9 Å². The molecule has 6 nitrogen and oxygen atoms in total. The first-order valence-electron chi connectivity index (χ1n) is 9.21. The highest BCUT2D eigenvalue weighted by Gasteiger charge is 2.11. The molecule has 0 atom stereocenters. The molecule has 0 aliphatic carbocycles. The van der Waals surface area contributed by atoms with Crippen molar-refractivity contribution in [3.05, 3.63) is 83.2 Å². The second kappa shape index (κ2) is 7.31. The van der Waals surface area contributed by atoms with E-state index < -0.39 is 0 Å². The van der Waals surface area contributed by atoms with E-state index in [1.807, 2.05) is 30.5 Å². The van der Waals surface area contributed by atoms with Gasteiger partial charge in [-0.15, -0.1) is 0 Å². The number of H-pyrrole nitrogens is 1. The van der Waals surface area contributed by atoms with Gasteiger partial charge in [0.25, 0.3) is 5.56 Å². The molecule has 3 heterocycles. The summed E-state index contributed by atoms with van der Waals surface area (Å²) in [6.45, 7) is 0. The molecule has 0 saturated carbocycles. The lowest BCUT2D eigenvalue weighted by atomic mass is 10.2. The van der Waals surface area contributed by atoms with Crippen LogP contribution in [0.2, 0.25) is 0 Å². The Morgan fingerprint density at radius 2 is 1.90 bits per heavy atom. The molecule has 0 bridgehead atoms. The highest BCUT2D eigenvalue weighted by molar-refractivity contribution is 7.99. The Morgan fingerprint density at radius 3 is 2.73 bits per heavy atom. The average Bonchev–Trinajstić information content (AvgIpc) is 3.22. The number of nitrogens with zero attached hydrogens (tertiary/aromatic N) is 3. The molecule has 0 fully saturated rings. The zero-order valence-corrected chi connectivity index (χ0v) is 16.7. The van der Waals surface area contributed by atoms with Crippen molar-refractivity contribution in [2.75, 3.05) is 5.32 Å². The Balaban J connectivity index is 1.49. The number of hydrogen-bond acceptors (Lipinski definition) is 5. The third-order valence-corrected chi connectivity index (χ3v) is 5.79.